The van der Waals surface area contributed by atoms with Crippen LogP contribution in [0.4, 0.5) is 5.69 Å². The number of hydrogen-bond donors (Lipinski definition) is 1. The first-order valence-electron chi connectivity index (χ1n) is 7.71. The Morgan fingerprint density at radius 1 is 1.08 bits per heavy atom. The molecule has 0 radical (unpaired) electrons. The molecule has 2 rings (SSSR count). The highest BCUT2D eigenvalue weighted by Crippen LogP contribution is 2.27. The smallest absolute Gasteiger partial charge is 0.246 e. The largest absolute Gasteiger partial charge is 0.495 e. The summed E-state index contributed by atoms with van der Waals surface area (Å²) in [6.45, 7) is 3.44. The minimum atomic E-state index is -3.85. The number of likely N-dealkylation sites (N-methyl/N-ethyl adjacent to an activating group) is 1. The molecule has 2 aromatic rings. The molecule has 1 amide bonds. The predicted octanol–water partition coefficient (Wildman–Crippen LogP) is 2.57. The summed E-state index contributed by atoms with van der Waals surface area (Å²) in [7, 11) is -1.07. The third-order valence-corrected chi connectivity index (χ3v) is 5.53. The van der Waals surface area contributed by atoms with Crippen LogP contribution < -0.4 is 10.1 Å². The van der Waals surface area contributed by atoms with Crippen molar-refractivity contribution in [3.8, 4) is 5.75 Å². The van der Waals surface area contributed by atoms with Crippen molar-refractivity contribution in [1.82, 2.24) is 4.31 Å². The van der Waals surface area contributed by atoms with Crippen LogP contribution in [0.3, 0.4) is 0 Å². The third kappa shape index (κ3) is 4.58. The normalized spacial score (nSPS) is 11.4. The van der Waals surface area contributed by atoms with Crippen LogP contribution >= 0.6 is 0 Å². The molecule has 0 saturated heterocycles. The third-order valence-electron chi connectivity index (χ3n) is 3.71. The second-order valence-corrected chi connectivity index (χ2v) is 7.84. The highest BCUT2D eigenvalue weighted by Gasteiger charge is 2.26. The number of methoxy groups -OCH3 is 1. The Bertz CT molecular complexity index is 861. The molecule has 1 N–H and O–H groups in total. The molecule has 2 aromatic carbocycles. The Hall–Kier alpha value is -2.38. The lowest BCUT2D eigenvalue weighted by Crippen LogP contribution is -2.35. The van der Waals surface area contributed by atoms with Crippen molar-refractivity contribution in [2.75, 3.05) is 26.0 Å². The number of rotatable bonds is 6. The lowest BCUT2D eigenvalue weighted by molar-refractivity contribution is -0.116. The van der Waals surface area contributed by atoms with Gasteiger partial charge < -0.3 is 10.1 Å². The molecule has 0 unspecified atom stereocenters. The van der Waals surface area contributed by atoms with Crippen molar-refractivity contribution in [1.29, 1.82) is 0 Å². The standard InChI is InChI=1S/C18H22N2O4S/c1-13-5-8-15(9-6-13)19-18(21)12-20(3)25(22,23)17-11-14(2)7-10-16(17)24-4/h5-11H,12H2,1-4H3,(H,19,21). The van der Waals surface area contributed by atoms with E-state index in [2.05, 4.69) is 5.32 Å². The van der Waals surface area contributed by atoms with Crippen LogP contribution in [-0.2, 0) is 14.8 Å². The summed E-state index contributed by atoms with van der Waals surface area (Å²) in [6.07, 6.45) is 0. The topological polar surface area (TPSA) is 75.7 Å². The first kappa shape index (κ1) is 19.0. The van der Waals surface area contributed by atoms with Crippen LogP contribution in [0.15, 0.2) is 47.4 Å². The van der Waals surface area contributed by atoms with E-state index in [9.17, 15) is 13.2 Å². The number of anilines is 1. The van der Waals surface area contributed by atoms with Crippen LogP contribution in [0.25, 0.3) is 0 Å². The van der Waals surface area contributed by atoms with Gasteiger partial charge in [-0.2, -0.15) is 4.31 Å². The van der Waals surface area contributed by atoms with Gasteiger partial charge in [-0.25, -0.2) is 8.42 Å². The van der Waals surface area contributed by atoms with Gasteiger partial charge in [-0.1, -0.05) is 23.8 Å². The van der Waals surface area contributed by atoms with Gasteiger partial charge in [-0.05, 0) is 43.7 Å². The van der Waals surface area contributed by atoms with E-state index in [1.807, 2.05) is 19.1 Å². The molecule has 0 bridgehead atoms. The average molecular weight is 362 g/mol. The molecule has 134 valence electrons. The Morgan fingerprint density at radius 2 is 1.68 bits per heavy atom. The predicted molar refractivity (Wildman–Crippen MR) is 97.4 cm³/mol. The number of carbonyl (C=O) groups is 1. The molecule has 0 heterocycles. The van der Waals surface area contributed by atoms with Crippen LogP contribution in [0.2, 0.25) is 0 Å². The van der Waals surface area contributed by atoms with E-state index in [0.29, 0.717) is 5.69 Å². The number of nitrogens with one attached hydrogen (secondary N) is 1. The minimum absolute atomic E-state index is 0.0423. The van der Waals surface area contributed by atoms with Gasteiger partial charge >= 0.3 is 0 Å². The molecule has 0 aromatic heterocycles. The molecular formula is C18H22N2O4S. The molecule has 6 nitrogen and oxygen atoms in total. The van der Waals surface area contributed by atoms with E-state index in [-0.39, 0.29) is 17.2 Å². The van der Waals surface area contributed by atoms with Crippen LogP contribution in [-0.4, -0.2) is 39.3 Å². The second-order valence-electron chi connectivity index (χ2n) is 5.83. The number of nitrogens with zero attached hydrogens (tertiary/aromatic N) is 1. The average Bonchev–Trinajstić information content (AvgIpc) is 2.56. The fraction of sp³-hybridized carbons (Fsp3) is 0.278. The van der Waals surface area contributed by atoms with Crippen molar-refractivity contribution in [2.24, 2.45) is 0 Å². The van der Waals surface area contributed by atoms with Crippen molar-refractivity contribution < 1.29 is 17.9 Å². The SMILES string of the molecule is COc1ccc(C)cc1S(=O)(=O)N(C)CC(=O)Nc1ccc(C)cc1. The van der Waals surface area contributed by atoms with Gasteiger partial charge in [-0.15, -0.1) is 0 Å². The summed E-state index contributed by atoms with van der Waals surface area (Å²) in [6, 6.07) is 12.2. The maximum Gasteiger partial charge on any atom is 0.246 e. The number of sulfonamides is 1. The monoisotopic (exact) mass is 362 g/mol. The summed E-state index contributed by atoms with van der Waals surface area (Å²) in [5, 5.41) is 2.69. The second kappa shape index (κ2) is 7.67. The number of amides is 1. The fourth-order valence-corrected chi connectivity index (χ4v) is 3.64. The lowest BCUT2D eigenvalue weighted by Gasteiger charge is -2.19. The van der Waals surface area contributed by atoms with Crippen molar-refractivity contribution in [3.05, 3.63) is 53.6 Å². The molecule has 0 aliphatic carbocycles. The highest BCUT2D eigenvalue weighted by molar-refractivity contribution is 7.89. The summed E-state index contributed by atoms with van der Waals surface area (Å²) in [5.74, 6) is -0.169. The molecule has 0 saturated carbocycles. The number of aryl methyl sites for hydroxylation is 2. The maximum absolute atomic E-state index is 12.8. The zero-order valence-electron chi connectivity index (χ0n) is 14.7. The van der Waals surface area contributed by atoms with Crippen LogP contribution in [0.5, 0.6) is 5.75 Å². The van der Waals surface area contributed by atoms with Gasteiger partial charge in [0.1, 0.15) is 10.6 Å². The fourth-order valence-electron chi connectivity index (χ4n) is 2.28. The molecule has 0 spiro atoms. The molecule has 7 heteroatoms. The van der Waals surface area contributed by atoms with Gasteiger partial charge in [-0.3, -0.25) is 4.79 Å². The Morgan fingerprint density at radius 3 is 2.28 bits per heavy atom. The number of carbonyl (C=O) groups excluding carboxylic acids is 1. The van der Waals surface area contributed by atoms with Crippen LogP contribution in [0.1, 0.15) is 11.1 Å². The summed E-state index contributed by atoms with van der Waals surface area (Å²) in [4.78, 5) is 12.2. The first-order valence-corrected chi connectivity index (χ1v) is 9.15. The van der Waals surface area contributed by atoms with E-state index in [1.54, 1.807) is 31.2 Å². The van der Waals surface area contributed by atoms with Crippen LogP contribution in [0, 0.1) is 13.8 Å². The molecule has 0 aliphatic rings. The van der Waals surface area contributed by atoms with E-state index in [1.165, 1.54) is 20.2 Å². The van der Waals surface area contributed by atoms with E-state index in [4.69, 9.17) is 4.74 Å². The Kier molecular flexibility index (Phi) is 5.81. The Balaban J connectivity index is 2.16. The molecule has 0 fully saturated rings. The molecule has 0 aliphatic heterocycles. The van der Waals surface area contributed by atoms with Crippen molar-refractivity contribution in [3.63, 3.8) is 0 Å². The minimum Gasteiger partial charge on any atom is -0.495 e. The van der Waals surface area contributed by atoms with Crippen molar-refractivity contribution in [2.45, 2.75) is 18.7 Å². The lowest BCUT2D eigenvalue weighted by atomic mass is 10.2. The number of ether oxygens (including phenoxy) is 1. The van der Waals surface area contributed by atoms with Gasteiger partial charge in [0.05, 0.1) is 13.7 Å². The van der Waals surface area contributed by atoms with E-state index in [0.717, 1.165) is 15.4 Å². The highest BCUT2D eigenvalue weighted by atomic mass is 32.2. The van der Waals surface area contributed by atoms with Gasteiger partial charge in [0.15, 0.2) is 0 Å². The zero-order valence-corrected chi connectivity index (χ0v) is 15.6. The van der Waals surface area contributed by atoms with Gasteiger partial charge in [0, 0.05) is 12.7 Å². The summed E-state index contributed by atoms with van der Waals surface area (Å²) in [5.41, 5.74) is 2.48. The van der Waals surface area contributed by atoms with E-state index >= 15 is 0 Å². The molecular weight excluding hydrogens is 340 g/mol. The van der Waals surface area contributed by atoms with Gasteiger partial charge in [0.2, 0.25) is 15.9 Å². The Labute approximate surface area is 148 Å². The number of hydrogen-bond acceptors (Lipinski definition) is 4. The summed E-state index contributed by atoms with van der Waals surface area (Å²) >= 11 is 0. The van der Waals surface area contributed by atoms with Crippen molar-refractivity contribution >= 4 is 21.6 Å². The number of benzene rings is 2. The van der Waals surface area contributed by atoms with Gasteiger partial charge in [0.25, 0.3) is 0 Å². The first-order chi connectivity index (χ1) is 11.7. The molecule has 0 atom stereocenters. The maximum atomic E-state index is 12.8. The quantitative estimate of drug-likeness (QED) is 0.857. The molecule has 25 heavy (non-hydrogen) atoms. The zero-order chi connectivity index (χ0) is 18.6. The summed E-state index contributed by atoms with van der Waals surface area (Å²) < 4.78 is 31.7. The van der Waals surface area contributed by atoms with E-state index < -0.39 is 15.9 Å².